The number of allylic oxidation sites excluding steroid dienone is 1. The zero-order valence-electron chi connectivity index (χ0n) is 5.49. The topological polar surface area (TPSA) is 0 Å². The van der Waals surface area contributed by atoms with Gasteiger partial charge in [-0.3, -0.25) is 0 Å². The Labute approximate surface area is 46.9 Å². The highest BCUT2D eigenvalue weighted by Crippen LogP contribution is 2.10. The van der Waals surface area contributed by atoms with Crippen molar-refractivity contribution in [2.75, 3.05) is 0 Å². The van der Waals surface area contributed by atoms with Crippen LogP contribution in [0.5, 0.6) is 0 Å². The fourth-order valence-corrected chi connectivity index (χ4v) is 0.348. The summed E-state index contributed by atoms with van der Waals surface area (Å²) in [6.07, 6.45) is 0. The lowest BCUT2D eigenvalue weighted by Crippen LogP contribution is -1.93. The molecule has 40 valence electrons. The Bertz CT molecular complexity index is 66.6. The van der Waals surface area contributed by atoms with Crippen LogP contribution in [0.3, 0.4) is 0 Å². The van der Waals surface area contributed by atoms with Gasteiger partial charge >= 0.3 is 0 Å². The van der Waals surface area contributed by atoms with Crippen molar-refractivity contribution in [3.05, 3.63) is 12.2 Å². The molecule has 0 aliphatic rings. The second-order valence-electron chi connectivity index (χ2n) is 2.16. The largest absolute Gasteiger partial charge is 0.125 e. The third-order valence-corrected chi connectivity index (χ3v) is 1.45. The molecule has 0 N–H and O–H groups in total. The molecule has 0 aliphatic carbocycles. The first-order valence-electron chi connectivity index (χ1n) is 2.83. The van der Waals surface area contributed by atoms with E-state index >= 15 is 0 Å². The van der Waals surface area contributed by atoms with Gasteiger partial charge in [0.25, 0.3) is 0 Å². The molecule has 0 aromatic heterocycles. The van der Waals surface area contributed by atoms with Crippen LogP contribution in [-0.4, -0.2) is 7.28 Å². The van der Waals surface area contributed by atoms with E-state index in [1.807, 2.05) is 0 Å². The van der Waals surface area contributed by atoms with Gasteiger partial charge in [0.2, 0.25) is 0 Å². The maximum absolute atomic E-state index is 3.83. The molecule has 0 bridgehead atoms. The molecular weight excluding hydrogens is 82.9 g/mol. The normalized spacial score (nSPS) is 13.0. The number of rotatable bonds is 2. The van der Waals surface area contributed by atoms with Crippen molar-refractivity contribution in [1.29, 1.82) is 0 Å². The van der Waals surface area contributed by atoms with Gasteiger partial charge < -0.3 is 0 Å². The second-order valence-corrected chi connectivity index (χ2v) is 2.16. The summed E-state index contributed by atoms with van der Waals surface area (Å²) in [7, 11) is 1.22. The van der Waals surface area contributed by atoms with Crippen LogP contribution in [0, 0.1) is 0 Å². The molecule has 7 heavy (non-hydrogen) atoms. The van der Waals surface area contributed by atoms with Crippen molar-refractivity contribution < 1.29 is 0 Å². The zero-order valence-corrected chi connectivity index (χ0v) is 5.49. The summed E-state index contributed by atoms with van der Waals surface area (Å²) in [6, 6.07) is 0. The van der Waals surface area contributed by atoms with Crippen molar-refractivity contribution in [2.24, 2.45) is 0 Å². The summed E-state index contributed by atoms with van der Waals surface area (Å²) < 4.78 is 0. The summed E-state index contributed by atoms with van der Waals surface area (Å²) >= 11 is 0. The minimum Gasteiger partial charge on any atom is -0.101 e. The average molecular weight is 96.0 g/mol. The minimum absolute atomic E-state index is 0.708. The van der Waals surface area contributed by atoms with Crippen LogP contribution >= 0.6 is 0 Å². The van der Waals surface area contributed by atoms with E-state index in [9.17, 15) is 0 Å². The first-order valence-corrected chi connectivity index (χ1v) is 2.83. The SMILES string of the molecule is C=C(C)[C@@H](C)BC. The molecule has 0 unspecified atom stereocenters. The smallest absolute Gasteiger partial charge is 0.101 e. The van der Waals surface area contributed by atoms with Crippen molar-refractivity contribution in [3.8, 4) is 0 Å². The van der Waals surface area contributed by atoms with Crippen LogP contribution in [0.25, 0.3) is 0 Å². The van der Waals surface area contributed by atoms with Crippen LogP contribution in [0.2, 0.25) is 12.6 Å². The van der Waals surface area contributed by atoms with Gasteiger partial charge in [0.15, 0.2) is 0 Å². The Kier molecular flexibility index (Phi) is 2.81. The number of hydrogen-bond donors (Lipinski definition) is 0. The fraction of sp³-hybridized carbons (Fsp3) is 0.667. The lowest BCUT2D eigenvalue weighted by atomic mass is 9.65. The fourth-order valence-electron chi connectivity index (χ4n) is 0.348. The first kappa shape index (κ1) is 6.80. The molecule has 0 rings (SSSR count). The van der Waals surface area contributed by atoms with E-state index in [-0.39, 0.29) is 0 Å². The molecule has 1 heteroatoms. The van der Waals surface area contributed by atoms with Crippen LogP contribution < -0.4 is 0 Å². The molecule has 0 saturated carbocycles. The van der Waals surface area contributed by atoms with E-state index in [0.717, 1.165) is 0 Å². The van der Waals surface area contributed by atoms with E-state index < -0.39 is 0 Å². The van der Waals surface area contributed by atoms with Gasteiger partial charge in [0.1, 0.15) is 7.28 Å². The molecule has 0 nitrogen and oxygen atoms in total. The third-order valence-electron chi connectivity index (χ3n) is 1.45. The van der Waals surface area contributed by atoms with Gasteiger partial charge in [0.05, 0.1) is 0 Å². The molecule has 0 aliphatic heterocycles. The Balaban J connectivity index is 3.34. The van der Waals surface area contributed by atoms with Crippen LogP contribution in [0.15, 0.2) is 12.2 Å². The standard InChI is InChI=1S/C6H13B/c1-5(2)6(3)7-4/h6-7H,1H2,2-4H3/t6-/m1/s1. The lowest BCUT2D eigenvalue weighted by molar-refractivity contribution is 1.08. The van der Waals surface area contributed by atoms with Crippen molar-refractivity contribution in [2.45, 2.75) is 26.5 Å². The minimum atomic E-state index is 0.708. The molecule has 0 spiro atoms. The molecular formula is C6H13B. The Hall–Kier alpha value is -0.195. The third kappa shape index (κ3) is 2.49. The number of hydrogen-bond acceptors (Lipinski definition) is 0. The molecule has 1 atom stereocenters. The Morgan fingerprint density at radius 1 is 1.71 bits per heavy atom. The molecule has 0 radical (unpaired) electrons. The molecule has 0 aromatic rings. The monoisotopic (exact) mass is 96.1 g/mol. The van der Waals surface area contributed by atoms with Gasteiger partial charge in [-0.2, -0.15) is 0 Å². The van der Waals surface area contributed by atoms with Crippen molar-refractivity contribution >= 4 is 7.28 Å². The Morgan fingerprint density at radius 2 is 2.14 bits per heavy atom. The van der Waals surface area contributed by atoms with Gasteiger partial charge in [-0.1, -0.05) is 19.3 Å². The summed E-state index contributed by atoms with van der Waals surface area (Å²) in [5.74, 6) is 0.708. The highest BCUT2D eigenvalue weighted by molar-refractivity contribution is 6.36. The highest BCUT2D eigenvalue weighted by atomic mass is 13.9. The summed E-state index contributed by atoms with van der Waals surface area (Å²) in [6.45, 7) is 10.3. The maximum atomic E-state index is 3.83. The molecule has 0 fully saturated rings. The van der Waals surface area contributed by atoms with Crippen molar-refractivity contribution in [3.63, 3.8) is 0 Å². The molecule has 0 amide bonds. The maximum Gasteiger partial charge on any atom is 0.125 e. The summed E-state index contributed by atoms with van der Waals surface area (Å²) in [5, 5.41) is 0. The molecule has 0 aromatic carbocycles. The Morgan fingerprint density at radius 3 is 2.14 bits per heavy atom. The van der Waals surface area contributed by atoms with E-state index in [1.54, 1.807) is 0 Å². The predicted octanol–water partition coefficient (Wildman–Crippen LogP) is 1.86. The van der Waals surface area contributed by atoms with Crippen LogP contribution in [-0.2, 0) is 0 Å². The predicted molar refractivity (Wildman–Crippen MR) is 37.3 cm³/mol. The van der Waals surface area contributed by atoms with Gasteiger partial charge in [-0.15, -0.1) is 6.58 Å². The average Bonchev–Trinajstić information content (AvgIpc) is 1.65. The van der Waals surface area contributed by atoms with Gasteiger partial charge in [-0.05, 0) is 12.7 Å². The van der Waals surface area contributed by atoms with Gasteiger partial charge in [-0.25, -0.2) is 0 Å². The van der Waals surface area contributed by atoms with Crippen LogP contribution in [0.4, 0.5) is 0 Å². The second kappa shape index (κ2) is 2.89. The summed E-state index contributed by atoms with van der Waals surface area (Å²) in [4.78, 5) is 0. The van der Waals surface area contributed by atoms with E-state index in [1.165, 1.54) is 12.9 Å². The molecule has 0 heterocycles. The van der Waals surface area contributed by atoms with E-state index in [2.05, 4.69) is 27.2 Å². The lowest BCUT2D eigenvalue weighted by Gasteiger charge is -2.02. The quantitative estimate of drug-likeness (QED) is 0.363. The first-order chi connectivity index (χ1) is 3.18. The van der Waals surface area contributed by atoms with E-state index in [4.69, 9.17) is 0 Å². The zero-order chi connectivity index (χ0) is 5.86. The summed E-state index contributed by atoms with van der Waals surface area (Å²) in [5.41, 5.74) is 1.29. The van der Waals surface area contributed by atoms with E-state index in [0.29, 0.717) is 5.82 Å². The highest BCUT2D eigenvalue weighted by Gasteiger charge is 1.96. The van der Waals surface area contributed by atoms with Gasteiger partial charge in [0, 0.05) is 0 Å². The molecule has 0 saturated heterocycles. The van der Waals surface area contributed by atoms with Crippen molar-refractivity contribution in [1.82, 2.24) is 0 Å². The van der Waals surface area contributed by atoms with Crippen LogP contribution in [0.1, 0.15) is 13.8 Å².